The molecule has 4 nitrogen and oxygen atoms in total. The van der Waals surface area contributed by atoms with Crippen molar-refractivity contribution in [1.82, 2.24) is 15.0 Å². The van der Waals surface area contributed by atoms with Gasteiger partial charge in [0.25, 0.3) is 0 Å². The van der Waals surface area contributed by atoms with E-state index in [0.717, 1.165) is 28.6 Å². The van der Waals surface area contributed by atoms with E-state index in [0.29, 0.717) is 0 Å². The van der Waals surface area contributed by atoms with Gasteiger partial charge in [-0.3, -0.25) is 0 Å². The molecular formula is C14H14N4S. The highest BCUT2D eigenvalue weighted by atomic mass is 32.1. The van der Waals surface area contributed by atoms with Gasteiger partial charge in [-0.05, 0) is 31.0 Å². The lowest BCUT2D eigenvalue weighted by Crippen LogP contribution is -1.94. The Labute approximate surface area is 115 Å². The number of aryl methyl sites for hydroxylation is 2. The lowest BCUT2D eigenvalue weighted by atomic mass is 10.2. The predicted molar refractivity (Wildman–Crippen MR) is 79.0 cm³/mol. The fraction of sp³-hybridized carbons (Fsp3) is 0.214. The van der Waals surface area contributed by atoms with Gasteiger partial charge >= 0.3 is 0 Å². The summed E-state index contributed by atoms with van der Waals surface area (Å²) in [6.45, 7) is 4.10. The van der Waals surface area contributed by atoms with Gasteiger partial charge < -0.3 is 5.32 Å². The second-order valence-corrected chi connectivity index (χ2v) is 5.37. The van der Waals surface area contributed by atoms with Crippen molar-refractivity contribution in [2.24, 2.45) is 0 Å². The Morgan fingerprint density at radius 3 is 2.89 bits per heavy atom. The lowest BCUT2D eigenvalue weighted by molar-refractivity contribution is 1.10. The number of aromatic nitrogens is 3. The van der Waals surface area contributed by atoms with Gasteiger partial charge in [-0.2, -0.15) is 0 Å². The van der Waals surface area contributed by atoms with E-state index in [4.69, 9.17) is 0 Å². The van der Waals surface area contributed by atoms with Crippen molar-refractivity contribution in [3.8, 4) is 0 Å². The molecule has 3 aromatic rings. The molecule has 0 unspecified atom stereocenters. The quantitative estimate of drug-likeness (QED) is 0.788. The van der Waals surface area contributed by atoms with Gasteiger partial charge in [0.2, 0.25) is 0 Å². The second kappa shape index (κ2) is 4.93. The van der Waals surface area contributed by atoms with Crippen molar-refractivity contribution in [2.45, 2.75) is 20.3 Å². The van der Waals surface area contributed by atoms with Crippen LogP contribution in [-0.4, -0.2) is 15.0 Å². The van der Waals surface area contributed by atoms with Gasteiger partial charge in [0.15, 0.2) is 5.13 Å². The van der Waals surface area contributed by atoms with Crippen molar-refractivity contribution in [3.63, 3.8) is 0 Å². The van der Waals surface area contributed by atoms with Gasteiger partial charge in [0.1, 0.15) is 12.1 Å². The summed E-state index contributed by atoms with van der Waals surface area (Å²) in [6.07, 6.45) is 2.60. The maximum absolute atomic E-state index is 4.56. The molecule has 0 radical (unpaired) electrons. The van der Waals surface area contributed by atoms with E-state index in [-0.39, 0.29) is 0 Å². The van der Waals surface area contributed by atoms with Crippen LogP contribution in [0, 0.1) is 6.92 Å². The van der Waals surface area contributed by atoms with E-state index in [1.165, 1.54) is 10.3 Å². The molecule has 2 aromatic heterocycles. The van der Waals surface area contributed by atoms with Crippen LogP contribution in [0.3, 0.4) is 0 Å². The highest BCUT2D eigenvalue weighted by Crippen LogP contribution is 2.28. The molecule has 0 saturated carbocycles. The molecule has 2 heterocycles. The van der Waals surface area contributed by atoms with Gasteiger partial charge in [0, 0.05) is 11.8 Å². The number of rotatable bonds is 3. The van der Waals surface area contributed by atoms with Crippen LogP contribution in [-0.2, 0) is 6.42 Å². The molecule has 19 heavy (non-hydrogen) atoms. The van der Waals surface area contributed by atoms with Gasteiger partial charge in [-0.15, -0.1) is 0 Å². The Balaban J connectivity index is 1.93. The summed E-state index contributed by atoms with van der Waals surface area (Å²) < 4.78 is 1.20. The Hall–Kier alpha value is -2.01. The number of thiazole rings is 1. The smallest absolute Gasteiger partial charge is 0.189 e. The summed E-state index contributed by atoms with van der Waals surface area (Å²) in [6, 6.07) is 8.30. The van der Waals surface area contributed by atoms with E-state index in [2.05, 4.69) is 45.4 Å². The molecule has 1 aromatic carbocycles. The molecule has 0 aliphatic heterocycles. The first-order valence-corrected chi connectivity index (χ1v) is 7.01. The average Bonchev–Trinajstić information content (AvgIpc) is 2.79. The topological polar surface area (TPSA) is 50.7 Å². The summed E-state index contributed by atoms with van der Waals surface area (Å²) in [7, 11) is 0. The molecule has 0 atom stereocenters. The molecule has 0 amide bonds. The molecule has 0 fully saturated rings. The molecule has 3 rings (SSSR count). The van der Waals surface area contributed by atoms with Crippen LogP contribution in [0.4, 0.5) is 10.9 Å². The summed E-state index contributed by atoms with van der Waals surface area (Å²) in [5, 5.41) is 4.09. The first-order chi connectivity index (χ1) is 9.24. The molecule has 96 valence electrons. The van der Waals surface area contributed by atoms with Gasteiger partial charge in [0.05, 0.1) is 10.2 Å². The molecule has 5 heteroatoms. The monoisotopic (exact) mass is 270 g/mol. The average molecular weight is 270 g/mol. The summed E-state index contributed by atoms with van der Waals surface area (Å²) in [5.74, 6) is 0.780. The summed E-state index contributed by atoms with van der Waals surface area (Å²) in [5.41, 5.74) is 3.29. The minimum atomic E-state index is 0.780. The molecule has 0 aliphatic rings. The largest absolute Gasteiger partial charge is 0.316 e. The lowest BCUT2D eigenvalue weighted by Gasteiger charge is -2.00. The third-order valence-electron chi connectivity index (χ3n) is 2.90. The zero-order valence-electron chi connectivity index (χ0n) is 10.8. The minimum Gasteiger partial charge on any atom is -0.316 e. The Morgan fingerprint density at radius 2 is 2.11 bits per heavy atom. The summed E-state index contributed by atoms with van der Waals surface area (Å²) in [4.78, 5) is 12.8. The van der Waals surface area contributed by atoms with Gasteiger partial charge in [-0.1, -0.05) is 24.3 Å². The van der Waals surface area contributed by atoms with Crippen molar-refractivity contribution in [1.29, 1.82) is 0 Å². The Bertz CT molecular complexity index is 720. The second-order valence-electron chi connectivity index (χ2n) is 4.34. The van der Waals surface area contributed by atoms with Crippen LogP contribution < -0.4 is 5.32 Å². The zero-order chi connectivity index (χ0) is 13.2. The predicted octanol–water partition coefficient (Wildman–Crippen LogP) is 3.70. The molecular weight excluding hydrogens is 256 g/mol. The number of hydrogen-bond acceptors (Lipinski definition) is 5. The normalized spacial score (nSPS) is 10.8. The summed E-state index contributed by atoms with van der Waals surface area (Å²) >= 11 is 1.64. The number of fused-ring (bicyclic) bond motifs is 1. The maximum atomic E-state index is 4.56. The third kappa shape index (κ3) is 2.56. The number of nitrogens with one attached hydrogen (secondary N) is 1. The Kier molecular flexibility index (Phi) is 3.13. The number of nitrogens with zero attached hydrogens (tertiary/aromatic N) is 3. The molecule has 0 saturated heterocycles. The van der Waals surface area contributed by atoms with E-state index < -0.39 is 0 Å². The van der Waals surface area contributed by atoms with Crippen molar-refractivity contribution in [2.75, 3.05) is 5.32 Å². The van der Waals surface area contributed by atoms with Gasteiger partial charge in [-0.25, -0.2) is 15.0 Å². The highest BCUT2D eigenvalue weighted by Gasteiger charge is 2.05. The van der Waals surface area contributed by atoms with Crippen LogP contribution in [0.5, 0.6) is 0 Å². The van der Waals surface area contributed by atoms with Crippen LogP contribution in [0.1, 0.15) is 18.2 Å². The first-order valence-electron chi connectivity index (χ1n) is 6.20. The van der Waals surface area contributed by atoms with Crippen molar-refractivity contribution >= 4 is 32.5 Å². The number of hydrogen-bond donors (Lipinski definition) is 1. The van der Waals surface area contributed by atoms with Crippen molar-refractivity contribution in [3.05, 3.63) is 41.9 Å². The highest BCUT2D eigenvalue weighted by molar-refractivity contribution is 7.22. The van der Waals surface area contributed by atoms with E-state index in [1.54, 1.807) is 17.7 Å². The molecule has 0 bridgehead atoms. The zero-order valence-corrected chi connectivity index (χ0v) is 11.7. The SMILES string of the molecule is CCc1ccc2nc(Nc3cc(C)ncn3)sc2c1. The van der Waals surface area contributed by atoms with Crippen LogP contribution in [0.15, 0.2) is 30.6 Å². The minimum absolute atomic E-state index is 0.780. The fourth-order valence-corrected chi connectivity index (χ4v) is 2.81. The fourth-order valence-electron chi connectivity index (χ4n) is 1.87. The molecule has 1 N–H and O–H groups in total. The molecule has 0 spiro atoms. The van der Waals surface area contributed by atoms with Crippen LogP contribution >= 0.6 is 11.3 Å². The van der Waals surface area contributed by atoms with Crippen LogP contribution in [0.25, 0.3) is 10.2 Å². The van der Waals surface area contributed by atoms with E-state index in [9.17, 15) is 0 Å². The van der Waals surface area contributed by atoms with E-state index >= 15 is 0 Å². The van der Waals surface area contributed by atoms with Crippen LogP contribution in [0.2, 0.25) is 0 Å². The first kappa shape index (κ1) is 12.0. The molecule has 0 aliphatic carbocycles. The van der Waals surface area contributed by atoms with E-state index in [1.807, 2.05) is 13.0 Å². The number of benzene rings is 1. The number of anilines is 2. The standard InChI is InChI=1S/C14H14N4S/c1-3-10-4-5-11-12(7-10)19-14(17-11)18-13-6-9(2)15-8-16-13/h4-8H,3H2,1-2H3,(H,15,16,17,18). The Morgan fingerprint density at radius 1 is 1.21 bits per heavy atom. The van der Waals surface area contributed by atoms with Crippen molar-refractivity contribution < 1.29 is 0 Å². The third-order valence-corrected chi connectivity index (χ3v) is 3.83. The maximum Gasteiger partial charge on any atom is 0.189 e.